The molecule has 0 bridgehead atoms. The van der Waals surface area contributed by atoms with Gasteiger partial charge in [0.25, 0.3) is 0 Å². The number of aromatic nitrogens is 4. The van der Waals surface area contributed by atoms with Crippen molar-refractivity contribution in [2.24, 2.45) is 0 Å². The Hall–Kier alpha value is -4.22. The lowest BCUT2D eigenvalue weighted by Gasteiger charge is -2.40. The van der Waals surface area contributed by atoms with Crippen molar-refractivity contribution in [2.45, 2.75) is 45.5 Å². The van der Waals surface area contributed by atoms with Crippen molar-refractivity contribution >= 4 is 50.7 Å². The molecule has 6 rings (SSSR count). The number of hydrogen-bond acceptors (Lipinski definition) is 8. The van der Waals surface area contributed by atoms with Crippen molar-refractivity contribution in [2.75, 3.05) is 22.9 Å². The fourth-order valence-corrected chi connectivity index (χ4v) is 6.45. The molecule has 5 aromatic rings. The van der Waals surface area contributed by atoms with Crippen molar-refractivity contribution in [1.82, 2.24) is 18.9 Å². The predicted octanol–water partition coefficient (Wildman–Crippen LogP) is 6.65. The first kappa shape index (κ1) is 28.9. The Morgan fingerprint density at radius 3 is 2.79 bits per heavy atom. The van der Waals surface area contributed by atoms with Gasteiger partial charge in [-0.05, 0) is 67.7 Å². The molecule has 0 unspecified atom stereocenters. The fourth-order valence-electron chi connectivity index (χ4n) is 5.49. The number of anilines is 2. The van der Waals surface area contributed by atoms with Gasteiger partial charge in [0, 0.05) is 59.6 Å². The smallest absolute Gasteiger partial charge is 0.356 e. The lowest BCUT2D eigenvalue weighted by molar-refractivity contribution is 0.0694. The predicted molar refractivity (Wildman–Crippen MR) is 166 cm³/mol. The molecule has 1 saturated heterocycles. The van der Waals surface area contributed by atoms with Gasteiger partial charge in [-0.25, -0.2) is 14.2 Å². The number of pyridine rings is 1. The Balaban J connectivity index is 1.18. The first-order chi connectivity index (χ1) is 20.9. The molecule has 9 nitrogen and oxygen atoms in total. The molecule has 0 aliphatic carbocycles. The van der Waals surface area contributed by atoms with E-state index in [2.05, 4.69) is 30.6 Å². The van der Waals surface area contributed by atoms with Gasteiger partial charge in [0.15, 0.2) is 5.69 Å². The van der Waals surface area contributed by atoms with E-state index in [1.807, 2.05) is 42.9 Å². The number of fused-ring (bicyclic) bond motifs is 1. The number of ether oxygens (including phenoxy) is 1. The maximum Gasteiger partial charge on any atom is 0.356 e. The number of aryl methyl sites for hydroxylation is 1. The lowest BCUT2D eigenvalue weighted by atomic mass is 10.0. The van der Waals surface area contributed by atoms with Crippen LogP contribution in [0.2, 0.25) is 5.02 Å². The molecule has 0 saturated carbocycles. The van der Waals surface area contributed by atoms with Crippen LogP contribution in [-0.2, 0) is 19.7 Å². The molecule has 1 aliphatic rings. The van der Waals surface area contributed by atoms with Crippen LogP contribution < -0.4 is 14.5 Å². The largest absolute Gasteiger partial charge is 0.476 e. The number of carboxylic acids is 1. The number of benzene rings is 2. The van der Waals surface area contributed by atoms with E-state index in [0.717, 1.165) is 54.4 Å². The maximum absolute atomic E-state index is 14.2. The van der Waals surface area contributed by atoms with E-state index < -0.39 is 11.8 Å². The van der Waals surface area contributed by atoms with Crippen molar-refractivity contribution < 1.29 is 19.0 Å². The number of aromatic carboxylic acids is 1. The van der Waals surface area contributed by atoms with Crippen LogP contribution in [0.5, 0.6) is 5.88 Å². The van der Waals surface area contributed by atoms with Crippen LogP contribution in [0, 0.1) is 5.82 Å². The molecule has 43 heavy (non-hydrogen) atoms. The maximum atomic E-state index is 14.2. The van der Waals surface area contributed by atoms with Gasteiger partial charge in [0.1, 0.15) is 18.2 Å². The molecule has 1 aliphatic heterocycles. The Labute approximate surface area is 257 Å². The first-order valence-corrected chi connectivity index (χ1v) is 15.2. The van der Waals surface area contributed by atoms with Crippen LogP contribution in [-0.4, -0.2) is 49.1 Å². The van der Waals surface area contributed by atoms with Gasteiger partial charge in [-0.3, -0.25) is 0 Å². The van der Waals surface area contributed by atoms with Gasteiger partial charge < -0.3 is 24.2 Å². The summed E-state index contributed by atoms with van der Waals surface area (Å²) in [6, 6.07) is 16.3. The lowest BCUT2D eigenvalue weighted by Crippen LogP contribution is -2.45. The minimum atomic E-state index is -1.02. The average molecular weight is 621 g/mol. The highest BCUT2D eigenvalue weighted by atomic mass is 35.5. The average Bonchev–Trinajstić information content (AvgIpc) is 3.66. The number of piperidine rings is 1. The van der Waals surface area contributed by atoms with E-state index in [9.17, 15) is 14.3 Å². The number of hydrogen-bond donors (Lipinski definition) is 1. The summed E-state index contributed by atoms with van der Waals surface area (Å²) in [4.78, 5) is 25.3. The summed E-state index contributed by atoms with van der Waals surface area (Å²) in [5, 5.41) is 10.5. The second-order valence-electron chi connectivity index (χ2n) is 10.4. The molecule has 0 spiro atoms. The fraction of sp³-hybridized carbons (Fsp3) is 0.290. The van der Waals surface area contributed by atoms with Crippen molar-refractivity contribution in [1.29, 1.82) is 0 Å². The number of rotatable bonds is 10. The van der Waals surface area contributed by atoms with E-state index in [-0.39, 0.29) is 18.3 Å². The van der Waals surface area contributed by atoms with E-state index >= 15 is 0 Å². The monoisotopic (exact) mass is 620 g/mol. The molecule has 1 N–H and O–H groups in total. The van der Waals surface area contributed by atoms with Crippen LogP contribution in [0.3, 0.4) is 0 Å². The molecular weight excluding hydrogens is 591 g/mol. The minimum absolute atomic E-state index is 0.0584. The topological polar surface area (TPSA) is 96.6 Å². The highest BCUT2D eigenvalue weighted by molar-refractivity contribution is 7.13. The van der Waals surface area contributed by atoms with Crippen molar-refractivity contribution in [3.63, 3.8) is 0 Å². The number of nitrogens with zero attached hydrogens (tertiary/aromatic N) is 6. The molecule has 4 heterocycles. The third-order valence-corrected chi connectivity index (χ3v) is 8.83. The van der Waals surface area contributed by atoms with E-state index in [4.69, 9.17) is 21.3 Å². The van der Waals surface area contributed by atoms with Gasteiger partial charge in [-0.15, -0.1) is 0 Å². The second-order valence-corrected chi connectivity index (χ2v) is 11.6. The quantitative estimate of drug-likeness (QED) is 0.185. The molecular formula is C31H30ClFN6O3S. The van der Waals surface area contributed by atoms with E-state index in [0.29, 0.717) is 28.4 Å². The van der Waals surface area contributed by atoms with Crippen molar-refractivity contribution in [3.05, 3.63) is 94.9 Å². The first-order valence-electron chi connectivity index (χ1n) is 14.1. The molecule has 222 valence electrons. The molecule has 0 amide bonds. The van der Waals surface area contributed by atoms with Crippen LogP contribution >= 0.6 is 23.1 Å². The normalized spacial score (nSPS) is 13.9. The van der Waals surface area contributed by atoms with E-state index in [1.165, 1.54) is 17.6 Å². The highest BCUT2D eigenvalue weighted by Gasteiger charge is 2.27. The molecule has 3 aromatic heterocycles. The summed E-state index contributed by atoms with van der Waals surface area (Å²) in [5.74, 6) is -0.179. The zero-order valence-electron chi connectivity index (χ0n) is 23.5. The molecule has 12 heteroatoms. The standard InChI is InChI=1S/C31H30ClFN6O3S/c1-2-37-19-34-16-24(37)17-39(23-8-9-25-27(15-23)43-36-30(25)31(40)41)22-10-12-38(13-11-22)28-4-3-5-29(35-28)42-18-20-6-7-21(32)14-26(20)33/h3-9,14-16,19,22H,2,10-13,17-18H2,1H3,(H,40,41). The summed E-state index contributed by atoms with van der Waals surface area (Å²) in [7, 11) is 0. The van der Waals surface area contributed by atoms with Crippen LogP contribution in [0.1, 0.15) is 41.5 Å². The summed E-state index contributed by atoms with van der Waals surface area (Å²) < 4.78 is 27.2. The number of carbonyl (C=O) groups is 1. The number of halogens is 2. The Morgan fingerprint density at radius 2 is 2.02 bits per heavy atom. The molecule has 0 radical (unpaired) electrons. The van der Waals surface area contributed by atoms with Gasteiger partial charge in [-0.1, -0.05) is 23.7 Å². The van der Waals surface area contributed by atoms with E-state index in [1.54, 1.807) is 18.2 Å². The Morgan fingerprint density at radius 1 is 1.19 bits per heavy atom. The van der Waals surface area contributed by atoms with Gasteiger partial charge >= 0.3 is 5.97 Å². The van der Waals surface area contributed by atoms with Gasteiger partial charge in [0.2, 0.25) is 5.88 Å². The highest BCUT2D eigenvalue weighted by Crippen LogP contribution is 2.33. The number of imidazole rings is 1. The van der Waals surface area contributed by atoms with Gasteiger partial charge in [-0.2, -0.15) is 9.36 Å². The summed E-state index contributed by atoms with van der Waals surface area (Å²) in [6.07, 6.45) is 5.54. The third-order valence-electron chi connectivity index (χ3n) is 7.79. The SMILES string of the molecule is CCn1cncc1CN(c1ccc2c(C(=O)O)nsc2c1)C1CCN(c2cccc(OCc3ccc(Cl)cc3F)n2)CC1. The Kier molecular flexibility index (Phi) is 8.44. The summed E-state index contributed by atoms with van der Waals surface area (Å²) >= 11 is 7.07. The molecule has 1 fully saturated rings. The second kappa shape index (κ2) is 12.6. The molecule has 2 aromatic carbocycles. The van der Waals surface area contributed by atoms with Crippen LogP contribution in [0.15, 0.2) is 67.1 Å². The zero-order chi connectivity index (χ0) is 29.9. The summed E-state index contributed by atoms with van der Waals surface area (Å²) in [6.45, 7) is 5.25. The van der Waals surface area contributed by atoms with Crippen LogP contribution in [0.4, 0.5) is 15.9 Å². The van der Waals surface area contributed by atoms with Crippen molar-refractivity contribution in [3.8, 4) is 5.88 Å². The minimum Gasteiger partial charge on any atom is -0.476 e. The molecule has 0 atom stereocenters. The van der Waals surface area contributed by atoms with Gasteiger partial charge in [0.05, 0.1) is 23.3 Å². The summed E-state index contributed by atoms with van der Waals surface area (Å²) in [5.41, 5.74) is 2.65. The van der Waals surface area contributed by atoms with Crippen LogP contribution in [0.25, 0.3) is 10.1 Å². The Bertz CT molecular complexity index is 1750. The number of carboxylic acid groups (broad SMARTS) is 1. The third kappa shape index (κ3) is 6.28. The zero-order valence-corrected chi connectivity index (χ0v) is 25.1.